The quantitative estimate of drug-likeness (QED) is 0.525. The number of nitrogens with zero attached hydrogens (tertiary/aromatic N) is 1. The number of hydrogen-bond acceptors (Lipinski definition) is 5. The minimum absolute atomic E-state index is 0.0409. The molecule has 0 aromatic heterocycles. The Morgan fingerprint density at radius 1 is 1.03 bits per heavy atom. The number of primary sulfonamides is 1. The lowest BCUT2D eigenvalue weighted by Crippen LogP contribution is -2.45. The lowest BCUT2D eigenvalue weighted by atomic mass is 9.79. The molecule has 3 N–H and O–H groups in total. The third kappa shape index (κ3) is 5.06. The fraction of sp³-hybridized carbons (Fsp3) is 0.231. The zero-order chi connectivity index (χ0) is 25.2. The first-order valence-electron chi connectivity index (χ1n) is 11.1. The molecule has 0 bridgehead atoms. The minimum atomic E-state index is -3.75. The van der Waals surface area contributed by atoms with Gasteiger partial charge in [0.2, 0.25) is 15.9 Å². The molecule has 0 fully saturated rings. The van der Waals surface area contributed by atoms with Crippen molar-refractivity contribution >= 4 is 21.8 Å². The molecule has 182 valence electrons. The third-order valence-corrected chi connectivity index (χ3v) is 7.21. The van der Waals surface area contributed by atoms with Crippen LogP contribution in [0.1, 0.15) is 39.0 Å². The number of nitrogens with one attached hydrogen (secondary N) is 1. The van der Waals surface area contributed by atoms with Gasteiger partial charge in [-0.05, 0) is 53.4 Å². The molecule has 0 radical (unpaired) electrons. The summed E-state index contributed by atoms with van der Waals surface area (Å²) < 4.78 is 28.1. The second-order valence-electron chi connectivity index (χ2n) is 8.43. The average molecular weight is 494 g/mol. The molecule has 0 saturated heterocycles. The number of carbonyl (C=O) groups is 2. The van der Waals surface area contributed by atoms with Crippen LogP contribution in [-0.2, 0) is 21.2 Å². The summed E-state index contributed by atoms with van der Waals surface area (Å²) in [5, 5.41) is 8.15. The SMILES string of the molecule is COc1ccc(C2C(C(=O)NCCc3ccc(S(N)(=O)=O)cc3)c3ccccc3C(=O)N2C)cc1. The molecular weight excluding hydrogens is 466 g/mol. The minimum Gasteiger partial charge on any atom is -0.497 e. The molecule has 3 aromatic rings. The highest BCUT2D eigenvalue weighted by molar-refractivity contribution is 7.89. The number of ether oxygens (including phenoxy) is 1. The average Bonchev–Trinajstić information content (AvgIpc) is 2.86. The van der Waals surface area contributed by atoms with E-state index in [1.807, 2.05) is 36.4 Å². The number of methoxy groups -OCH3 is 1. The van der Waals surface area contributed by atoms with Crippen molar-refractivity contribution in [2.75, 3.05) is 20.7 Å². The fourth-order valence-corrected chi connectivity index (χ4v) is 4.98. The number of likely N-dealkylation sites (N-methyl/N-ethyl adjacent to an activating group) is 1. The Hall–Kier alpha value is -3.69. The Morgan fingerprint density at radius 3 is 2.31 bits per heavy atom. The van der Waals surface area contributed by atoms with E-state index in [9.17, 15) is 18.0 Å². The second-order valence-corrected chi connectivity index (χ2v) is 9.99. The highest BCUT2D eigenvalue weighted by atomic mass is 32.2. The monoisotopic (exact) mass is 493 g/mol. The Balaban J connectivity index is 1.58. The zero-order valence-corrected chi connectivity index (χ0v) is 20.3. The second kappa shape index (κ2) is 9.89. The van der Waals surface area contributed by atoms with E-state index in [0.717, 1.165) is 11.1 Å². The van der Waals surface area contributed by atoms with Gasteiger partial charge in [-0.15, -0.1) is 0 Å². The fourth-order valence-electron chi connectivity index (χ4n) is 4.46. The van der Waals surface area contributed by atoms with E-state index in [-0.39, 0.29) is 16.7 Å². The van der Waals surface area contributed by atoms with Crippen molar-refractivity contribution in [3.63, 3.8) is 0 Å². The van der Waals surface area contributed by atoms with Crippen molar-refractivity contribution in [2.24, 2.45) is 5.14 Å². The first kappa shape index (κ1) is 24.4. The normalized spacial score (nSPS) is 17.6. The standard InChI is InChI=1S/C26H27N3O5S/c1-29-24(18-9-11-19(34-2)12-10-18)23(21-5-3-4-6-22(21)26(29)31)25(30)28-16-15-17-7-13-20(14-8-17)35(27,32)33/h3-14,23-24H,15-16H2,1-2H3,(H,28,30)(H2,27,32,33). The highest BCUT2D eigenvalue weighted by Gasteiger charge is 2.42. The van der Waals surface area contributed by atoms with Gasteiger partial charge in [-0.2, -0.15) is 0 Å². The van der Waals surface area contributed by atoms with Crippen LogP contribution in [0.5, 0.6) is 5.75 Å². The number of hydrogen-bond donors (Lipinski definition) is 2. The van der Waals surface area contributed by atoms with Crippen LogP contribution in [0.3, 0.4) is 0 Å². The molecule has 1 aliphatic heterocycles. The molecule has 3 aromatic carbocycles. The lowest BCUT2D eigenvalue weighted by Gasteiger charge is -2.39. The smallest absolute Gasteiger partial charge is 0.254 e. The van der Waals surface area contributed by atoms with Gasteiger partial charge in [-0.3, -0.25) is 9.59 Å². The van der Waals surface area contributed by atoms with Crippen molar-refractivity contribution in [2.45, 2.75) is 23.3 Å². The van der Waals surface area contributed by atoms with E-state index in [1.165, 1.54) is 12.1 Å². The van der Waals surface area contributed by atoms with Crippen LogP contribution < -0.4 is 15.2 Å². The molecule has 2 amide bonds. The molecule has 4 rings (SSSR count). The molecule has 2 atom stereocenters. The zero-order valence-electron chi connectivity index (χ0n) is 19.5. The molecule has 2 unspecified atom stereocenters. The summed E-state index contributed by atoms with van der Waals surface area (Å²) in [6.45, 7) is 0.346. The van der Waals surface area contributed by atoms with Crippen LogP contribution in [0, 0.1) is 0 Å². The van der Waals surface area contributed by atoms with Gasteiger partial charge in [0.05, 0.1) is 24.0 Å². The number of fused-ring (bicyclic) bond motifs is 1. The van der Waals surface area contributed by atoms with Crippen molar-refractivity contribution in [1.82, 2.24) is 10.2 Å². The number of rotatable bonds is 7. The molecule has 0 saturated carbocycles. The van der Waals surface area contributed by atoms with Gasteiger partial charge in [-0.1, -0.05) is 42.5 Å². The van der Waals surface area contributed by atoms with Gasteiger partial charge >= 0.3 is 0 Å². The first-order chi connectivity index (χ1) is 16.7. The van der Waals surface area contributed by atoms with Crippen LogP contribution in [0.15, 0.2) is 77.7 Å². The summed E-state index contributed by atoms with van der Waals surface area (Å²) in [5.41, 5.74) is 2.89. The van der Waals surface area contributed by atoms with Crippen LogP contribution in [-0.4, -0.2) is 45.8 Å². The number of sulfonamides is 1. The summed E-state index contributed by atoms with van der Waals surface area (Å²) in [5.74, 6) is -0.250. The van der Waals surface area contributed by atoms with Crippen molar-refractivity contribution in [1.29, 1.82) is 0 Å². The van der Waals surface area contributed by atoms with E-state index >= 15 is 0 Å². The van der Waals surface area contributed by atoms with E-state index in [4.69, 9.17) is 9.88 Å². The predicted octanol–water partition coefficient (Wildman–Crippen LogP) is 2.61. The topological polar surface area (TPSA) is 119 Å². The van der Waals surface area contributed by atoms with Crippen molar-refractivity contribution < 1.29 is 22.7 Å². The molecule has 1 heterocycles. The molecule has 0 aliphatic carbocycles. The lowest BCUT2D eigenvalue weighted by molar-refractivity contribution is -0.124. The van der Waals surface area contributed by atoms with Crippen molar-refractivity contribution in [3.8, 4) is 5.75 Å². The Morgan fingerprint density at radius 2 is 1.69 bits per heavy atom. The number of benzene rings is 3. The van der Waals surface area contributed by atoms with Gasteiger partial charge in [-0.25, -0.2) is 13.6 Å². The molecule has 35 heavy (non-hydrogen) atoms. The van der Waals surface area contributed by atoms with Crippen LogP contribution in [0.4, 0.5) is 0 Å². The molecular formula is C26H27N3O5S. The largest absolute Gasteiger partial charge is 0.497 e. The Bertz CT molecular complexity index is 1340. The van der Waals surface area contributed by atoms with Gasteiger partial charge in [0.15, 0.2) is 0 Å². The first-order valence-corrected chi connectivity index (χ1v) is 12.6. The van der Waals surface area contributed by atoms with E-state index in [1.54, 1.807) is 43.3 Å². The van der Waals surface area contributed by atoms with Gasteiger partial charge < -0.3 is 15.0 Å². The molecule has 1 aliphatic rings. The maximum absolute atomic E-state index is 13.5. The summed E-state index contributed by atoms with van der Waals surface area (Å²) in [4.78, 5) is 28.3. The van der Waals surface area contributed by atoms with Crippen LogP contribution in [0.25, 0.3) is 0 Å². The van der Waals surface area contributed by atoms with E-state index in [2.05, 4.69) is 5.32 Å². The summed E-state index contributed by atoms with van der Waals surface area (Å²) in [6.07, 6.45) is 0.507. The van der Waals surface area contributed by atoms with Crippen LogP contribution in [0.2, 0.25) is 0 Å². The summed E-state index contributed by atoms with van der Waals surface area (Å²) >= 11 is 0. The molecule has 0 spiro atoms. The third-order valence-electron chi connectivity index (χ3n) is 6.28. The highest BCUT2D eigenvalue weighted by Crippen LogP contribution is 2.42. The van der Waals surface area contributed by atoms with E-state index in [0.29, 0.717) is 29.8 Å². The van der Waals surface area contributed by atoms with Gasteiger partial charge in [0.1, 0.15) is 5.75 Å². The number of carbonyl (C=O) groups excluding carboxylic acids is 2. The Labute approximate surface area is 204 Å². The maximum atomic E-state index is 13.5. The number of nitrogens with two attached hydrogens (primary N) is 1. The molecule has 8 nitrogen and oxygen atoms in total. The maximum Gasteiger partial charge on any atom is 0.254 e. The predicted molar refractivity (Wildman–Crippen MR) is 132 cm³/mol. The van der Waals surface area contributed by atoms with Crippen molar-refractivity contribution in [3.05, 3.63) is 95.1 Å². The van der Waals surface area contributed by atoms with Crippen LogP contribution >= 0.6 is 0 Å². The molecule has 9 heteroatoms. The van der Waals surface area contributed by atoms with Gasteiger partial charge in [0.25, 0.3) is 5.91 Å². The van der Waals surface area contributed by atoms with E-state index < -0.39 is 22.0 Å². The Kier molecular flexibility index (Phi) is 6.90. The number of amides is 2. The van der Waals surface area contributed by atoms with Gasteiger partial charge in [0, 0.05) is 19.2 Å². The summed E-state index contributed by atoms with van der Waals surface area (Å²) in [7, 11) is -0.461. The summed E-state index contributed by atoms with van der Waals surface area (Å²) in [6, 6.07) is 20.3.